The minimum atomic E-state index is 0.0229. The summed E-state index contributed by atoms with van der Waals surface area (Å²) in [6.07, 6.45) is 2.89. The molecule has 1 aliphatic carbocycles. The second kappa shape index (κ2) is 8.67. The van der Waals surface area contributed by atoms with Crippen LogP contribution in [0.25, 0.3) is 0 Å². The Hall–Kier alpha value is -2.92. The van der Waals surface area contributed by atoms with E-state index in [2.05, 4.69) is 77.6 Å². The second-order valence-electron chi connectivity index (χ2n) is 8.83. The molecule has 2 aromatic carbocycles. The molecule has 0 bridgehead atoms. The van der Waals surface area contributed by atoms with Gasteiger partial charge in [0.1, 0.15) is 5.76 Å². The van der Waals surface area contributed by atoms with Crippen LogP contribution in [-0.4, -0.2) is 47.0 Å². The largest absolute Gasteiger partial charge is 0.360 e. The summed E-state index contributed by atoms with van der Waals surface area (Å²) in [5.41, 5.74) is 4.15. The van der Waals surface area contributed by atoms with E-state index >= 15 is 0 Å². The molecule has 1 unspecified atom stereocenters. The average Bonchev–Trinajstić information content (AvgIpc) is 3.24. The molecule has 1 fully saturated rings. The van der Waals surface area contributed by atoms with Crippen molar-refractivity contribution < 1.29 is 9.32 Å². The third-order valence-electron chi connectivity index (χ3n) is 6.69. The minimum absolute atomic E-state index is 0.0229. The fourth-order valence-electron chi connectivity index (χ4n) is 4.96. The molecule has 5 rings (SSSR count). The van der Waals surface area contributed by atoms with E-state index in [-0.39, 0.29) is 11.9 Å². The number of nitrogens with zero attached hydrogens (tertiary/aromatic N) is 3. The van der Waals surface area contributed by atoms with Crippen molar-refractivity contribution >= 4 is 5.91 Å². The van der Waals surface area contributed by atoms with Crippen molar-refractivity contribution in [1.82, 2.24) is 15.0 Å². The Balaban J connectivity index is 1.32. The predicted octanol–water partition coefficient (Wildman–Crippen LogP) is 4.35. The first-order chi connectivity index (χ1) is 15.2. The molecule has 0 N–H and O–H groups in total. The van der Waals surface area contributed by atoms with Gasteiger partial charge >= 0.3 is 0 Å². The van der Waals surface area contributed by atoms with Gasteiger partial charge in [0.05, 0.1) is 6.04 Å². The van der Waals surface area contributed by atoms with Crippen molar-refractivity contribution in [3.63, 3.8) is 0 Å². The summed E-state index contributed by atoms with van der Waals surface area (Å²) in [5.74, 6) is 1.51. The Kier molecular flexibility index (Phi) is 5.60. The zero-order valence-corrected chi connectivity index (χ0v) is 18.0. The van der Waals surface area contributed by atoms with Crippen molar-refractivity contribution in [2.75, 3.05) is 26.2 Å². The summed E-state index contributed by atoms with van der Waals surface area (Å²) < 4.78 is 5.51. The molecule has 5 heteroatoms. The van der Waals surface area contributed by atoms with Crippen LogP contribution in [0.3, 0.4) is 0 Å². The third-order valence-corrected chi connectivity index (χ3v) is 6.69. The van der Waals surface area contributed by atoms with Gasteiger partial charge in [-0.25, -0.2) is 0 Å². The molecule has 160 valence electrons. The second-order valence-corrected chi connectivity index (χ2v) is 8.83. The highest BCUT2D eigenvalue weighted by Crippen LogP contribution is 2.31. The van der Waals surface area contributed by atoms with E-state index in [1.807, 2.05) is 4.90 Å². The Morgan fingerprint density at radius 3 is 2.19 bits per heavy atom. The molecule has 3 aromatic rings. The van der Waals surface area contributed by atoms with Crippen LogP contribution in [0.5, 0.6) is 0 Å². The van der Waals surface area contributed by atoms with Crippen molar-refractivity contribution in [3.8, 4) is 0 Å². The lowest BCUT2D eigenvalue weighted by Gasteiger charge is -2.39. The van der Waals surface area contributed by atoms with Crippen LogP contribution in [0.2, 0.25) is 0 Å². The molecule has 5 nitrogen and oxygen atoms in total. The van der Waals surface area contributed by atoms with Gasteiger partial charge in [-0.1, -0.05) is 72.7 Å². The quantitative estimate of drug-likeness (QED) is 0.636. The highest BCUT2D eigenvalue weighted by atomic mass is 16.5. The fraction of sp³-hybridized carbons (Fsp3) is 0.385. The lowest BCUT2D eigenvalue weighted by molar-refractivity contribution is 0.0586. The van der Waals surface area contributed by atoms with Gasteiger partial charge in [0.2, 0.25) is 0 Å². The van der Waals surface area contributed by atoms with Gasteiger partial charge in [-0.3, -0.25) is 9.69 Å². The first-order valence-corrected chi connectivity index (χ1v) is 11.3. The number of hydrogen-bond donors (Lipinski definition) is 0. The van der Waals surface area contributed by atoms with Crippen LogP contribution in [0.1, 0.15) is 52.3 Å². The van der Waals surface area contributed by atoms with Crippen LogP contribution in [0.15, 0.2) is 65.2 Å². The topological polar surface area (TPSA) is 49.6 Å². The molecule has 2 heterocycles. The number of aromatic nitrogens is 1. The van der Waals surface area contributed by atoms with Crippen LogP contribution in [-0.2, 0) is 12.8 Å². The van der Waals surface area contributed by atoms with Crippen molar-refractivity contribution in [3.05, 3.63) is 88.8 Å². The number of fused-ring (bicyclic) bond motifs is 1. The van der Waals surface area contributed by atoms with Gasteiger partial charge in [-0.05, 0) is 29.9 Å². The summed E-state index contributed by atoms with van der Waals surface area (Å²) in [6, 6.07) is 21.5. The van der Waals surface area contributed by atoms with Gasteiger partial charge in [-0.2, -0.15) is 0 Å². The fourth-order valence-corrected chi connectivity index (χ4v) is 4.96. The van der Waals surface area contributed by atoms with Gasteiger partial charge in [0.25, 0.3) is 5.91 Å². The number of piperazine rings is 1. The smallest absolute Gasteiger partial charge is 0.276 e. The summed E-state index contributed by atoms with van der Waals surface area (Å²) in [6.45, 7) is 5.29. The molecule has 1 aliphatic heterocycles. The van der Waals surface area contributed by atoms with Crippen molar-refractivity contribution in [1.29, 1.82) is 0 Å². The lowest BCUT2D eigenvalue weighted by atomic mass is 9.88. The standard InChI is InChI=1S/C26H29N3O2/c1-19-12-13-23-22(18-19)24(27-31-23)26(30)29-16-14-28(15-17-29)25(20-8-4-2-5-9-20)21-10-6-3-7-11-21/h2-11,19,25H,12-18H2,1H3. The molecule has 1 amide bonds. The monoisotopic (exact) mass is 415 g/mol. The maximum atomic E-state index is 13.2. The Morgan fingerprint density at radius 2 is 1.58 bits per heavy atom. The molecule has 1 aromatic heterocycles. The van der Waals surface area contributed by atoms with Crippen LogP contribution in [0, 0.1) is 5.92 Å². The van der Waals surface area contributed by atoms with E-state index in [1.165, 1.54) is 11.1 Å². The maximum Gasteiger partial charge on any atom is 0.276 e. The molecule has 1 atom stereocenters. The van der Waals surface area contributed by atoms with E-state index in [9.17, 15) is 4.79 Å². The van der Waals surface area contributed by atoms with Crippen LogP contribution < -0.4 is 0 Å². The first kappa shape index (κ1) is 20.0. The maximum absolute atomic E-state index is 13.2. The number of benzene rings is 2. The Bertz CT molecular complexity index is 984. The predicted molar refractivity (Wildman–Crippen MR) is 120 cm³/mol. The van der Waals surface area contributed by atoms with Gasteiger partial charge in [0, 0.05) is 38.2 Å². The van der Waals surface area contributed by atoms with Gasteiger partial charge in [0.15, 0.2) is 5.69 Å². The van der Waals surface area contributed by atoms with E-state index in [0.29, 0.717) is 24.7 Å². The zero-order chi connectivity index (χ0) is 21.2. The molecule has 1 saturated heterocycles. The first-order valence-electron chi connectivity index (χ1n) is 11.3. The normalized spacial score (nSPS) is 19.4. The number of aryl methyl sites for hydroxylation is 1. The third kappa shape index (κ3) is 4.02. The van der Waals surface area contributed by atoms with Gasteiger partial charge < -0.3 is 9.42 Å². The summed E-state index contributed by atoms with van der Waals surface area (Å²) in [5, 5.41) is 4.18. The zero-order valence-electron chi connectivity index (χ0n) is 18.0. The summed E-state index contributed by atoms with van der Waals surface area (Å²) in [4.78, 5) is 17.7. The van der Waals surface area contributed by atoms with Crippen LogP contribution in [0.4, 0.5) is 0 Å². The molecule has 0 saturated carbocycles. The number of carbonyl (C=O) groups excluding carboxylic acids is 1. The van der Waals surface area contributed by atoms with Crippen molar-refractivity contribution in [2.24, 2.45) is 5.92 Å². The highest BCUT2D eigenvalue weighted by Gasteiger charge is 2.33. The van der Waals surface area contributed by atoms with Gasteiger partial charge in [-0.15, -0.1) is 0 Å². The van der Waals surface area contributed by atoms with E-state index in [1.54, 1.807) is 0 Å². The lowest BCUT2D eigenvalue weighted by Crippen LogP contribution is -2.50. The number of rotatable bonds is 4. The molecule has 31 heavy (non-hydrogen) atoms. The molecular weight excluding hydrogens is 386 g/mol. The average molecular weight is 416 g/mol. The molecule has 2 aliphatic rings. The van der Waals surface area contributed by atoms with E-state index < -0.39 is 0 Å². The minimum Gasteiger partial charge on any atom is -0.360 e. The molecule has 0 radical (unpaired) electrons. The SMILES string of the molecule is CC1CCc2onc(C(=O)N3CCN(C(c4ccccc4)c4ccccc4)CC3)c2C1. The Morgan fingerprint density at radius 1 is 0.968 bits per heavy atom. The Labute approximate surface area is 183 Å². The summed E-state index contributed by atoms with van der Waals surface area (Å²) in [7, 11) is 0. The van der Waals surface area contributed by atoms with Crippen molar-refractivity contribution in [2.45, 2.75) is 32.2 Å². The number of hydrogen-bond acceptors (Lipinski definition) is 4. The number of amides is 1. The highest BCUT2D eigenvalue weighted by molar-refractivity contribution is 5.94. The molecule has 0 spiro atoms. The van der Waals surface area contributed by atoms with E-state index in [0.717, 1.165) is 43.7 Å². The van der Waals surface area contributed by atoms with E-state index in [4.69, 9.17) is 4.52 Å². The molecular formula is C26H29N3O2. The van der Waals surface area contributed by atoms with Crippen LogP contribution >= 0.6 is 0 Å². The summed E-state index contributed by atoms with van der Waals surface area (Å²) >= 11 is 0. The number of carbonyl (C=O) groups is 1.